The average Bonchev–Trinajstić information content (AvgIpc) is 2.80. The number of hydrogen-bond donors (Lipinski definition) is 1. The molecule has 1 aliphatic heterocycles. The second kappa shape index (κ2) is 5.34. The van der Waals surface area contributed by atoms with Crippen molar-refractivity contribution in [2.24, 2.45) is 5.41 Å². The van der Waals surface area contributed by atoms with Crippen LogP contribution in [0.4, 0.5) is 10.8 Å². The van der Waals surface area contributed by atoms with E-state index >= 15 is 0 Å². The minimum Gasteiger partial charge on any atom is -0.490 e. The number of nitrogens with zero attached hydrogens (tertiary/aromatic N) is 2. The van der Waals surface area contributed by atoms with Gasteiger partial charge in [0.2, 0.25) is 0 Å². The van der Waals surface area contributed by atoms with Crippen molar-refractivity contribution in [1.82, 2.24) is 4.37 Å². The van der Waals surface area contributed by atoms with E-state index in [0.717, 1.165) is 23.8 Å². The molecule has 1 aromatic rings. The number of nitrogen functional groups attached to an aromatic ring is 1. The topological polar surface area (TPSA) is 51.4 Å². The zero-order chi connectivity index (χ0) is 13.2. The summed E-state index contributed by atoms with van der Waals surface area (Å²) in [5, 5.41) is 1.09. The predicted octanol–water partition coefficient (Wildman–Crippen LogP) is 3.14. The van der Waals surface area contributed by atoms with Crippen LogP contribution in [0.2, 0.25) is 0 Å². The van der Waals surface area contributed by atoms with Crippen molar-refractivity contribution in [3.05, 3.63) is 0 Å². The largest absolute Gasteiger partial charge is 0.490 e. The molecule has 0 aliphatic carbocycles. The van der Waals surface area contributed by atoms with Gasteiger partial charge in [0.25, 0.3) is 0 Å². The molecule has 0 aromatic carbocycles. The molecule has 0 unspecified atom stereocenters. The van der Waals surface area contributed by atoms with Gasteiger partial charge in [0.1, 0.15) is 0 Å². The maximum atomic E-state index is 5.81. The Bertz CT molecular complexity index is 391. The normalized spacial score (nSPS) is 18.9. The summed E-state index contributed by atoms with van der Waals surface area (Å²) in [4.78, 5) is 2.37. The van der Waals surface area contributed by atoms with Crippen LogP contribution in [0.3, 0.4) is 0 Å². The van der Waals surface area contributed by atoms with Gasteiger partial charge in [0, 0.05) is 13.1 Å². The Labute approximate surface area is 113 Å². The Morgan fingerprint density at radius 3 is 2.44 bits per heavy atom. The quantitative estimate of drug-likeness (QED) is 0.912. The Morgan fingerprint density at radius 2 is 1.94 bits per heavy atom. The molecule has 2 N–H and O–H groups in total. The van der Waals surface area contributed by atoms with Crippen molar-refractivity contribution in [3.63, 3.8) is 0 Å². The monoisotopic (exact) mass is 269 g/mol. The van der Waals surface area contributed by atoms with E-state index in [2.05, 4.69) is 23.1 Å². The number of methoxy groups -OCH3 is 1. The van der Waals surface area contributed by atoms with Crippen LogP contribution in [0.5, 0.6) is 5.75 Å². The summed E-state index contributed by atoms with van der Waals surface area (Å²) in [6, 6.07) is 0. The lowest BCUT2D eigenvalue weighted by molar-refractivity contribution is 0.199. The highest BCUT2D eigenvalue weighted by molar-refractivity contribution is 7.11. The molecule has 1 aromatic heterocycles. The first-order valence-electron chi connectivity index (χ1n) is 6.70. The fourth-order valence-electron chi connectivity index (χ4n) is 2.82. The second-order valence-corrected chi connectivity index (χ2v) is 5.85. The Morgan fingerprint density at radius 1 is 1.33 bits per heavy atom. The van der Waals surface area contributed by atoms with E-state index < -0.39 is 0 Å². The molecule has 0 radical (unpaired) electrons. The maximum absolute atomic E-state index is 5.81. The highest BCUT2D eigenvalue weighted by atomic mass is 32.1. The van der Waals surface area contributed by atoms with Crippen molar-refractivity contribution in [1.29, 1.82) is 0 Å². The number of hydrogen-bond acceptors (Lipinski definition) is 5. The van der Waals surface area contributed by atoms with Gasteiger partial charge >= 0.3 is 0 Å². The third-order valence-corrected chi connectivity index (χ3v) is 5.38. The number of nitrogens with two attached hydrogens (primary N) is 1. The predicted molar refractivity (Wildman–Crippen MR) is 77.5 cm³/mol. The van der Waals surface area contributed by atoms with E-state index in [9.17, 15) is 0 Å². The van der Waals surface area contributed by atoms with E-state index in [0.29, 0.717) is 11.2 Å². The molecule has 18 heavy (non-hydrogen) atoms. The van der Waals surface area contributed by atoms with Gasteiger partial charge in [-0.2, -0.15) is 4.37 Å². The van der Waals surface area contributed by atoms with Crippen LogP contribution in [0.1, 0.15) is 39.5 Å². The first kappa shape index (κ1) is 13.5. The molecule has 5 heteroatoms. The molecule has 1 saturated heterocycles. The van der Waals surface area contributed by atoms with Crippen LogP contribution in [-0.4, -0.2) is 24.6 Å². The van der Waals surface area contributed by atoms with Gasteiger partial charge in [0.05, 0.1) is 7.11 Å². The van der Waals surface area contributed by atoms with Gasteiger partial charge < -0.3 is 15.4 Å². The molecule has 4 nitrogen and oxygen atoms in total. The molecular formula is C13H23N3OS. The van der Waals surface area contributed by atoms with Gasteiger partial charge in [-0.25, -0.2) is 0 Å². The molecule has 102 valence electrons. The fourth-order valence-corrected chi connectivity index (χ4v) is 3.66. The first-order chi connectivity index (χ1) is 8.65. The molecule has 2 heterocycles. The lowest BCUT2D eigenvalue weighted by Crippen LogP contribution is -2.39. The van der Waals surface area contributed by atoms with Crippen LogP contribution in [-0.2, 0) is 0 Å². The van der Waals surface area contributed by atoms with Crippen molar-refractivity contribution < 1.29 is 4.74 Å². The lowest BCUT2D eigenvalue weighted by atomic mass is 9.74. The molecule has 0 bridgehead atoms. The number of anilines is 2. The van der Waals surface area contributed by atoms with Gasteiger partial charge in [-0.3, -0.25) is 0 Å². The summed E-state index contributed by atoms with van der Waals surface area (Å²) < 4.78 is 9.55. The number of aromatic nitrogens is 1. The third kappa shape index (κ3) is 2.28. The van der Waals surface area contributed by atoms with Crippen LogP contribution < -0.4 is 15.4 Å². The standard InChI is InChI=1S/C13H23N3OS/c1-4-13(5-2)6-8-16(9-7-13)12-10(17-3)11(14)15-18-12/h4-9H2,1-3H3,(H2,14,15). The molecule has 0 amide bonds. The minimum absolute atomic E-state index is 0.514. The molecule has 0 spiro atoms. The molecule has 0 saturated carbocycles. The zero-order valence-corrected chi connectivity index (χ0v) is 12.3. The summed E-state index contributed by atoms with van der Waals surface area (Å²) in [7, 11) is 1.66. The molecule has 0 atom stereocenters. The van der Waals surface area contributed by atoms with Crippen LogP contribution >= 0.6 is 11.5 Å². The van der Waals surface area contributed by atoms with Crippen molar-refractivity contribution in [3.8, 4) is 5.75 Å². The van der Waals surface area contributed by atoms with E-state index in [1.807, 2.05) is 0 Å². The van der Waals surface area contributed by atoms with Crippen molar-refractivity contribution in [2.45, 2.75) is 39.5 Å². The summed E-state index contributed by atoms with van der Waals surface area (Å²) in [5.74, 6) is 1.26. The Hall–Kier alpha value is -0.970. The van der Waals surface area contributed by atoms with E-state index in [1.54, 1.807) is 7.11 Å². The summed E-state index contributed by atoms with van der Waals surface area (Å²) in [6.07, 6.45) is 5.06. The number of piperidine rings is 1. The number of rotatable bonds is 4. The van der Waals surface area contributed by atoms with Crippen molar-refractivity contribution >= 4 is 22.4 Å². The van der Waals surface area contributed by atoms with E-state index in [4.69, 9.17) is 10.5 Å². The molecular weight excluding hydrogens is 246 g/mol. The van der Waals surface area contributed by atoms with Gasteiger partial charge in [-0.15, -0.1) is 0 Å². The van der Waals surface area contributed by atoms with Crippen LogP contribution in [0.15, 0.2) is 0 Å². The SMILES string of the molecule is CCC1(CC)CCN(c2snc(N)c2OC)CC1. The summed E-state index contributed by atoms with van der Waals surface area (Å²) >= 11 is 1.45. The van der Waals surface area contributed by atoms with Gasteiger partial charge in [-0.05, 0) is 29.8 Å². The fraction of sp³-hybridized carbons (Fsp3) is 0.769. The molecule has 2 rings (SSSR count). The minimum atomic E-state index is 0.514. The Balaban J connectivity index is 2.09. The zero-order valence-electron chi connectivity index (χ0n) is 11.5. The first-order valence-corrected chi connectivity index (χ1v) is 7.47. The van der Waals surface area contributed by atoms with E-state index in [1.165, 1.54) is 37.2 Å². The number of ether oxygens (including phenoxy) is 1. The summed E-state index contributed by atoms with van der Waals surface area (Å²) in [6.45, 7) is 6.79. The van der Waals surface area contributed by atoms with E-state index in [-0.39, 0.29) is 0 Å². The molecule has 1 fully saturated rings. The second-order valence-electron chi connectivity index (χ2n) is 5.10. The summed E-state index contributed by atoms with van der Waals surface area (Å²) in [5.41, 5.74) is 6.35. The van der Waals surface area contributed by atoms with Crippen LogP contribution in [0.25, 0.3) is 0 Å². The van der Waals surface area contributed by atoms with Crippen molar-refractivity contribution in [2.75, 3.05) is 30.8 Å². The highest BCUT2D eigenvalue weighted by Gasteiger charge is 2.33. The smallest absolute Gasteiger partial charge is 0.197 e. The van der Waals surface area contributed by atoms with Gasteiger partial charge in [-0.1, -0.05) is 26.7 Å². The lowest BCUT2D eigenvalue weighted by Gasteiger charge is -2.41. The maximum Gasteiger partial charge on any atom is 0.197 e. The third-order valence-electron chi connectivity index (χ3n) is 4.47. The Kier molecular flexibility index (Phi) is 4.00. The van der Waals surface area contributed by atoms with Gasteiger partial charge in [0.15, 0.2) is 16.6 Å². The average molecular weight is 269 g/mol. The highest BCUT2D eigenvalue weighted by Crippen LogP contribution is 2.43. The molecule has 1 aliphatic rings. The van der Waals surface area contributed by atoms with Crippen LogP contribution in [0, 0.1) is 5.41 Å².